The van der Waals surface area contributed by atoms with Crippen molar-refractivity contribution in [3.8, 4) is 0 Å². The normalized spacial score (nSPS) is 13.0. The number of para-hydroxylation sites is 1. The van der Waals surface area contributed by atoms with Gasteiger partial charge in [-0.05, 0) is 62.6 Å². The van der Waals surface area contributed by atoms with E-state index >= 15 is 0 Å². The van der Waals surface area contributed by atoms with Gasteiger partial charge in [0, 0.05) is 36.6 Å². The lowest BCUT2D eigenvalue weighted by molar-refractivity contribution is -0.141. The van der Waals surface area contributed by atoms with Gasteiger partial charge in [0.1, 0.15) is 29.6 Å². The van der Waals surface area contributed by atoms with Gasteiger partial charge in [-0.1, -0.05) is 60.7 Å². The molecule has 5 N–H and O–H groups in total. The number of benzene rings is 3. The maximum absolute atomic E-state index is 13.9. The smallest absolute Gasteiger partial charge is 0.408 e. The zero-order valence-electron chi connectivity index (χ0n) is 28.5. The Morgan fingerprint density at radius 1 is 0.878 bits per heavy atom. The summed E-state index contributed by atoms with van der Waals surface area (Å²) in [5, 5.41) is 11.2. The van der Waals surface area contributed by atoms with E-state index in [4.69, 9.17) is 9.47 Å². The van der Waals surface area contributed by atoms with Gasteiger partial charge in [0.2, 0.25) is 11.8 Å². The topological polar surface area (TPSA) is 167 Å². The number of nitrogens with zero attached hydrogens (tertiary/aromatic N) is 1. The molecule has 0 aliphatic heterocycles. The third kappa shape index (κ3) is 8.83. The highest BCUT2D eigenvalue weighted by atomic mass is 16.6. The Kier molecular flexibility index (Phi) is 10.1. The fourth-order valence-electron chi connectivity index (χ4n) is 5.43. The molecule has 0 radical (unpaired) electrons. The molecule has 2 heterocycles. The number of esters is 1. The number of H-pyrrole nitrogens is 2. The summed E-state index contributed by atoms with van der Waals surface area (Å²) in [6, 6.07) is 20.5. The maximum atomic E-state index is 13.9. The Morgan fingerprint density at radius 3 is 2.33 bits per heavy atom. The third-order valence-electron chi connectivity index (χ3n) is 7.91. The molecule has 0 aliphatic rings. The summed E-state index contributed by atoms with van der Waals surface area (Å²) in [7, 11) is 0. The fraction of sp³-hybridized carbons (Fsp3) is 0.324. The highest BCUT2D eigenvalue weighted by molar-refractivity contribution is 5.99. The van der Waals surface area contributed by atoms with E-state index in [0.29, 0.717) is 5.82 Å². The van der Waals surface area contributed by atoms with E-state index in [0.717, 1.165) is 32.8 Å². The molecule has 5 aromatic rings. The number of aromatic nitrogens is 3. The second-order valence-corrected chi connectivity index (χ2v) is 13.5. The number of nitrogens with one attached hydrogen (secondary N) is 5. The number of aromatic amines is 2. The molecule has 3 amide bonds. The number of ether oxygens (including phenoxy) is 2. The summed E-state index contributed by atoms with van der Waals surface area (Å²) >= 11 is 0. The van der Waals surface area contributed by atoms with Crippen LogP contribution in [0, 0.1) is 0 Å². The van der Waals surface area contributed by atoms with Gasteiger partial charge in [0.15, 0.2) is 5.82 Å². The van der Waals surface area contributed by atoms with Crippen molar-refractivity contribution in [2.75, 3.05) is 11.9 Å². The van der Waals surface area contributed by atoms with E-state index in [2.05, 4.69) is 30.9 Å². The van der Waals surface area contributed by atoms with Crippen LogP contribution in [0.4, 0.5) is 10.6 Å². The SMILES string of the molecule is CC(=O)OCC(c1ccc2ccccc2c1)c1nc(NC(=O)C(Cc2c[nH]c3ccccc23)NC(=O)C(C)(C)NC(=O)OC(C)(C)C)c[nH]1. The molecule has 256 valence electrons. The number of fused-ring (bicyclic) bond motifs is 2. The maximum Gasteiger partial charge on any atom is 0.408 e. The first-order valence-corrected chi connectivity index (χ1v) is 16.0. The van der Waals surface area contributed by atoms with Crippen LogP contribution < -0.4 is 16.0 Å². The molecule has 0 saturated heterocycles. The molecule has 2 aromatic heterocycles. The molecule has 0 fully saturated rings. The quantitative estimate of drug-likeness (QED) is 0.113. The Hall–Kier alpha value is -5.65. The second kappa shape index (κ2) is 14.2. The minimum atomic E-state index is -1.41. The molecule has 2 unspecified atom stereocenters. The predicted molar refractivity (Wildman–Crippen MR) is 187 cm³/mol. The van der Waals surface area contributed by atoms with Crippen LogP contribution in [0.2, 0.25) is 0 Å². The van der Waals surface area contributed by atoms with E-state index in [1.54, 1.807) is 33.2 Å². The number of amides is 3. The fourth-order valence-corrected chi connectivity index (χ4v) is 5.43. The summed E-state index contributed by atoms with van der Waals surface area (Å²) in [6.07, 6.45) is 2.74. The van der Waals surface area contributed by atoms with Crippen molar-refractivity contribution < 1.29 is 28.7 Å². The first-order chi connectivity index (χ1) is 23.2. The van der Waals surface area contributed by atoms with Crippen LogP contribution in [0.25, 0.3) is 21.7 Å². The molecule has 0 saturated carbocycles. The molecule has 3 aromatic carbocycles. The molecule has 12 heteroatoms. The van der Waals surface area contributed by atoms with Crippen molar-refractivity contribution in [2.24, 2.45) is 0 Å². The first kappa shape index (κ1) is 34.7. The monoisotopic (exact) mass is 666 g/mol. The van der Waals surface area contributed by atoms with Gasteiger partial charge in [-0.15, -0.1) is 0 Å². The van der Waals surface area contributed by atoms with Crippen molar-refractivity contribution in [2.45, 2.75) is 71.1 Å². The van der Waals surface area contributed by atoms with Gasteiger partial charge in [-0.2, -0.15) is 0 Å². The average molecular weight is 667 g/mol. The van der Waals surface area contributed by atoms with Crippen LogP contribution in [0.1, 0.15) is 64.4 Å². The highest BCUT2D eigenvalue weighted by Gasteiger charge is 2.35. The van der Waals surface area contributed by atoms with Gasteiger partial charge < -0.3 is 35.4 Å². The number of alkyl carbamates (subject to hydrolysis) is 1. The third-order valence-corrected chi connectivity index (χ3v) is 7.91. The number of hydrogen-bond donors (Lipinski definition) is 5. The average Bonchev–Trinajstić information content (AvgIpc) is 3.66. The zero-order valence-corrected chi connectivity index (χ0v) is 28.5. The van der Waals surface area contributed by atoms with Crippen LogP contribution in [0.15, 0.2) is 79.1 Å². The van der Waals surface area contributed by atoms with Gasteiger partial charge in [-0.25, -0.2) is 9.78 Å². The molecule has 49 heavy (non-hydrogen) atoms. The van der Waals surface area contributed by atoms with Gasteiger partial charge in [-0.3, -0.25) is 14.4 Å². The van der Waals surface area contributed by atoms with Crippen LogP contribution in [0.5, 0.6) is 0 Å². The van der Waals surface area contributed by atoms with Crippen molar-refractivity contribution in [3.05, 3.63) is 96.1 Å². The van der Waals surface area contributed by atoms with Crippen LogP contribution in [-0.4, -0.2) is 62.6 Å². The van der Waals surface area contributed by atoms with Crippen molar-refractivity contribution in [1.29, 1.82) is 0 Å². The van der Waals surface area contributed by atoms with E-state index in [1.165, 1.54) is 20.8 Å². The predicted octanol–water partition coefficient (Wildman–Crippen LogP) is 5.71. The van der Waals surface area contributed by atoms with Crippen LogP contribution in [-0.2, 0) is 30.3 Å². The lowest BCUT2D eigenvalue weighted by Gasteiger charge is -2.29. The number of anilines is 1. The van der Waals surface area contributed by atoms with Gasteiger partial charge in [0.05, 0.1) is 5.92 Å². The Balaban J connectivity index is 1.38. The molecule has 0 spiro atoms. The highest BCUT2D eigenvalue weighted by Crippen LogP contribution is 2.28. The van der Waals surface area contributed by atoms with Crippen LogP contribution in [0.3, 0.4) is 0 Å². The molecule has 0 bridgehead atoms. The van der Waals surface area contributed by atoms with Crippen LogP contribution >= 0.6 is 0 Å². The largest absolute Gasteiger partial charge is 0.465 e. The van der Waals surface area contributed by atoms with E-state index < -0.39 is 47.0 Å². The standard InChI is InChI=1S/C37H42N6O6/c1-22(44)48-21-28(25-16-15-23-11-7-8-12-24(23)17-25)32-39-20-31(41-32)42-33(45)30(18-26-19-38-29-14-10-9-13-27(26)29)40-34(46)37(5,6)43-35(47)49-36(2,3)4/h7-17,19-20,28,30,38H,18,21H2,1-6H3,(H,39,41)(H,40,46)(H,42,45)(H,43,47). The van der Waals surface area contributed by atoms with E-state index in [-0.39, 0.29) is 18.8 Å². The first-order valence-electron chi connectivity index (χ1n) is 16.0. The van der Waals surface area contributed by atoms with Crippen molar-refractivity contribution in [1.82, 2.24) is 25.6 Å². The number of carbonyl (C=O) groups excluding carboxylic acids is 4. The van der Waals surface area contributed by atoms with Crippen molar-refractivity contribution in [3.63, 3.8) is 0 Å². The summed E-state index contributed by atoms with van der Waals surface area (Å²) in [5.41, 5.74) is 0.400. The summed E-state index contributed by atoms with van der Waals surface area (Å²) in [6.45, 7) is 9.61. The van der Waals surface area contributed by atoms with Gasteiger partial charge in [0.25, 0.3) is 0 Å². The zero-order chi connectivity index (χ0) is 35.3. The summed E-state index contributed by atoms with van der Waals surface area (Å²) in [4.78, 5) is 62.7. The lowest BCUT2D eigenvalue weighted by Crippen LogP contribution is -2.59. The molecule has 5 rings (SSSR count). The second-order valence-electron chi connectivity index (χ2n) is 13.5. The summed E-state index contributed by atoms with van der Waals surface area (Å²) < 4.78 is 10.7. The Bertz CT molecular complexity index is 1990. The number of carbonyl (C=O) groups is 4. The van der Waals surface area contributed by atoms with Crippen molar-refractivity contribution >= 4 is 51.4 Å². The minimum Gasteiger partial charge on any atom is -0.465 e. The molecule has 2 atom stereocenters. The Labute approximate surface area is 284 Å². The molecular weight excluding hydrogens is 624 g/mol. The Morgan fingerprint density at radius 2 is 1.59 bits per heavy atom. The number of hydrogen-bond acceptors (Lipinski definition) is 7. The van der Waals surface area contributed by atoms with E-state index in [9.17, 15) is 19.2 Å². The summed E-state index contributed by atoms with van der Waals surface area (Å²) in [5.74, 6) is -1.28. The number of imidazole rings is 1. The van der Waals surface area contributed by atoms with Gasteiger partial charge >= 0.3 is 12.1 Å². The molecular formula is C37H42N6O6. The number of rotatable bonds is 11. The lowest BCUT2D eigenvalue weighted by atomic mass is 9.96. The van der Waals surface area contributed by atoms with E-state index in [1.807, 2.05) is 66.7 Å². The molecule has 0 aliphatic carbocycles. The molecule has 12 nitrogen and oxygen atoms in total. The minimum absolute atomic E-state index is 0.0353.